The lowest BCUT2D eigenvalue weighted by molar-refractivity contribution is -0.138. The monoisotopic (exact) mass is 249 g/mol. The second kappa shape index (κ2) is 3.96. The van der Waals surface area contributed by atoms with Gasteiger partial charge in [-0.2, -0.15) is 0 Å². The van der Waals surface area contributed by atoms with Gasteiger partial charge < -0.3 is 10.0 Å². The van der Waals surface area contributed by atoms with Crippen LogP contribution in [0.5, 0.6) is 0 Å². The third kappa shape index (κ3) is 1.64. The van der Waals surface area contributed by atoms with Crippen LogP contribution in [0.15, 0.2) is 17.8 Å². The van der Waals surface area contributed by atoms with Gasteiger partial charge in [0.1, 0.15) is 12.4 Å². The second-order valence-corrected chi connectivity index (χ2v) is 4.94. The number of carbonyl (C=O) groups is 1. The van der Waals surface area contributed by atoms with Crippen molar-refractivity contribution in [2.75, 3.05) is 11.4 Å². The number of carboxylic acid groups (broad SMARTS) is 1. The van der Waals surface area contributed by atoms with Crippen molar-refractivity contribution in [1.29, 1.82) is 0 Å². The lowest BCUT2D eigenvalue weighted by Gasteiger charge is -2.22. The van der Waals surface area contributed by atoms with E-state index in [4.69, 9.17) is 0 Å². The molecule has 0 saturated carbocycles. The maximum atomic E-state index is 11.2. The average molecular weight is 249 g/mol. The zero-order valence-corrected chi connectivity index (χ0v) is 9.85. The summed E-state index contributed by atoms with van der Waals surface area (Å²) in [4.78, 5) is 21.5. The first kappa shape index (κ1) is 10.5. The van der Waals surface area contributed by atoms with E-state index in [2.05, 4.69) is 9.97 Å². The summed E-state index contributed by atoms with van der Waals surface area (Å²) < 4.78 is 0.973. The molecule has 5 nitrogen and oxygen atoms in total. The molecular weight excluding hydrogens is 238 g/mol. The minimum Gasteiger partial charge on any atom is -0.480 e. The quantitative estimate of drug-likeness (QED) is 0.878. The predicted molar refractivity (Wildman–Crippen MR) is 65.4 cm³/mol. The summed E-state index contributed by atoms with van der Waals surface area (Å²) in [6.45, 7) is 0.751. The van der Waals surface area contributed by atoms with Gasteiger partial charge in [-0.3, -0.25) is 0 Å². The van der Waals surface area contributed by atoms with Crippen molar-refractivity contribution >= 4 is 33.3 Å². The zero-order chi connectivity index (χ0) is 11.8. The van der Waals surface area contributed by atoms with Gasteiger partial charge >= 0.3 is 5.97 Å². The highest BCUT2D eigenvalue weighted by atomic mass is 32.1. The number of carboxylic acids is 1. The van der Waals surface area contributed by atoms with Crippen molar-refractivity contribution in [2.45, 2.75) is 18.9 Å². The first-order valence-corrected chi connectivity index (χ1v) is 6.33. The summed E-state index contributed by atoms with van der Waals surface area (Å²) in [5.74, 6) is -0.0132. The third-order valence-electron chi connectivity index (χ3n) is 3.03. The van der Waals surface area contributed by atoms with Gasteiger partial charge in [0.25, 0.3) is 0 Å². The molecule has 1 atom stereocenters. The normalized spacial score (nSPS) is 20.0. The van der Waals surface area contributed by atoms with Gasteiger partial charge in [-0.25, -0.2) is 14.8 Å². The Labute approximate surface area is 102 Å². The number of anilines is 1. The fourth-order valence-electron chi connectivity index (χ4n) is 2.26. The van der Waals surface area contributed by atoms with E-state index in [0.717, 1.165) is 29.0 Å². The SMILES string of the molecule is O=C(O)[C@H]1CCCN1c1ncnc2ccsc12. The number of hydrogen-bond donors (Lipinski definition) is 1. The van der Waals surface area contributed by atoms with Gasteiger partial charge in [0.2, 0.25) is 0 Å². The van der Waals surface area contributed by atoms with Gasteiger partial charge in [0, 0.05) is 6.54 Å². The van der Waals surface area contributed by atoms with Gasteiger partial charge in [0.15, 0.2) is 5.82 Å². The average Bonchev–Trinajstić information content (AvgIpc) is 2.97. The molecule has 88 valence electrons. The van der Waals surface area contributed by atoms with Crippen LogP contribution in [0.4, 0.5) is 5.82 Å². The van der Waals surface area contributed by atoms with E-state index in [9.17, 15) is 9.90 Å². The number of aromatic nitrogens is 2. The molecule has 0 spiro atoms. The molecule has 6 heteroatoms. The Kier molecular flexibility index (Phi) is 2.44. The van der Waals surface area contributed by atoms with Crippen LogP contribution in [0.2, 0.25) is 0 Å². The summed E-state index contributed by atoms with van der Waals surface area (Å²) in [5.41, 5.74) is 0.885. The van der Waals surface area contributed by atoms with Gasteiger partial charge in [-0.05, 0) is 24.3 Å². The topological polar surface area (TPSA) is 66.3 Å². The van der Waals surface area contributed by atoms with Crippen molar-refractivity contribution in [3.63, 3.8) is 0 Å². The Morgan fingerprint density at radius 1 is 1.53 bits per heavy atom. The summed E-state index contributed by atoms with van der Waals surface area (Å²) in [6.07, 6.45) is 3.08. The van der Waals surface area contributed by atoms with Crippen molar-refractivity contribution in [2.24, 2.45) is 0 Å². The van der Waals surface area contributed by atoms with Crippen LogP contribution in [-0.4, -0.2) is 33.6 Å². The largest absolute Gasteiger partial charge is 0.480 e. The molecule has 1 aliphatic heterocycles. The lowest BCUT2D eigenvalue weighted by atomic mass is 10.2. The maximum absolute atomic E-state index is 11.2. The highest BCUT2D eigenvalue weighted by Gasteiger charge is 2.32. The highest BCUT2D eigenvalue weighted by Crippen LogP contribution is 2.32. The maximum Gasteiger partial charge on any atom is 0.326 e. The Morgan fingerprint density at radius 3 is 3.24 bits per heavy atom. The van der Waals surface area contributed by atoms with Crippen LogP contribution < -0.4 is 4.90 Å². The third-order valence-corrected chi connectivity index (χ3v) is 3.93. The van der Waals surface area contributed by atoms with E-state index in [1.807, 2.05) is 16.3 Å². The van der Waals surface area contributed by atoms with Crippen molar-refractivity contribution in [1.82, 2.24) is 9.97 Å². The molecule has 3 rings (SSSR count). The second-order valence-electron chi connectivity index (χ2n) is 4.02. The molecule has 1 N–H and O–H groups in total. The summed E-state index contributed by atoms with van der Waals surface area (Å²) in [5, 5.41) is 11.1. The molecule has 0 aromatic carbocycles. The van der Waals surface area contributed by atoms with Crippen LogP contribution in [0.25, 0.3) is 10.2 Å². The molecular formula is C11H11N3O2S. The Bertz CT molecular complexity index is 569. The minimum atomic E-state index is -0.772. The van der Waals surface area contributed by atoms with Crippen LogP contribution in [-0.2, 0) is 4.79 Å². The smallest absolute Gasteiger partial charge is 0.326 e. The van der Waals surface area contributed by atoms with Crippen LogP contribution >= 0.6 is 11.3 Å². The lowest BCUT2D eigenvalue weighted by Crippen LogP contribution is -2.36. The molecule has 1 aliphatic rings. The summed E-state index contributed by atoms with van der Waals surface area (Å²) in [6, 6.07) is 1.48. The fraction of sp³-hybridized carbons (Fsp3) is 0.364. The Morgan fingerprint density at radius 2 is 2.41 bits per heavy atom. The minimum absolute atomic E-state index is 0.449. The summed E-state index contributed by atoms with van der Waals surface area (Å²) >= 11 is 1.55. The van der Waals surface area contributed by atoms with Gasteiger partial charge in [-0.1, -0.05) is 0 Å². The zero-order valence-electron chi connectivity index (χ0n) is 9.04. The number of rotatable bonds is 2. The van der Waals surface area contributed by atoms with Gasteiger partial charge in [0.05, 0.1) is 10.2 Å². The van der Waals surface area contributed by atoms with Crippen LogP contribution in [0.3, 0.4) is 0 Å². The standard InChI is InChI=1S/C11H11N3O2S/c15-11(16)8-2-1-4-14(8)10-9-7(3-5-17-9)12-6-13-10/h3,5-6,8H,1-2,4H2,(H,15,16)/t8-/m1/s1. The fourth-order valence-corrected chi connectivity index (χ4v) is 3.11. The van der Waals surface area contributed by atoms with Crippen LogP contribution in [0.1, 0.15) is 12.8 Å². The molecule has 0 radical (unpaired) electrons. The number of thiophene rings is 1. The first-order chi connectivity index (χ1) is 8.27. The number of hydrogen-bond acceptors (Lipinski definition) is 5. The highest BCUT2D eigenvalue weighted by molar-refractivity contribution is 7.17. The van der Waals surface area contributed by atoms with E-state index in [0.29, 0.717) is 6.42 Å². The molecule has 0 amide bonds. The van der Waals surface area contributed by atoms with E-state index in [1.165, 1.54) is 6.33 Å². The molecule has 2 aromatic heterocycles. The van der Waals surface area contributed by atoms with Crippen molar-refractivity contribution < 1.29 is 9.90 Å². The molecule has 2 aromatic rings. The van der Waals surface area contributed by atoms with Crippen molar-refractivity contribution in [3.8, 4) is 0 Å². The Balaban J connectivity index is 2.08. The Hall–Kier alpha value is -1.69. The van der Waals surface area contributed by atoms with Gasteiger partial charge in [-0.15, -0.1) is 11.3 Å². The molecule has 1 saturated heterocycles. The molecule has 0 bridgehead atoms. The molecule has 0 aliphatic carbocycles. The van der Waals surface area contributed by atoms with E-state index < -0.39 is 12.0 Å². The number of fused-ring (bicyclic) bond motifs is 1. The van der Waals surface area contributed by atoms with E-state index >= 15 is 0 Å². The van der Waals surface area contributed by atoms with E-state index in [-0.39, 0.29) is 0 Å². The molecule has 3 heterocycles. The first-order valence-electron chi connectivity index (χ1n) is 5.45. The predicted octanol–water partition coefficient (Wildman–Crippen LogP) is 1.74. The molecule has 1 fully saturated rings. The van der Waals surface area contributed by atoms with E-state index in [1.54, 1.807) is 11.3 Å². The molecule has 0 unspecified atom stereocenters. The van der Waals surface area contributed by atoms with Crippen molar-refractivity contribution in [3.05, 3.63) is 17.8 Å². The van der Waals surface area contributed by atoms with Crippen LogP contribution in [0, 0.1) is 0 Å². The molecule has 17 heavy (non-hydrogen) atoms. The number of nitrogens with zero attached hydrogens (tertiary/aromatic N) is 3. The summed E-state index contributed by atoms with van der Waals surface area (Å²) in [7, 11) is 0. The number of aliphatic carboxylic acids is 1.